The number of aliphatic hydroxyl groups is 5. The van der Waals surface area contributed by atoms with Gasteiger partial charge in [-0.2, -0.15) is 25.9 Å². The van der Waals surface area contributed by atoms with Crippen LogP contribution >= 0.6 is 0 Å². The maximum atomic E-state index is 14.5. The lowest BCUT2D eigenvalue weighted by Crippen LogP contribution is -2.70. The lowest BCUT2D eigenvalue weighted by Gasteiger charge is -2.53. The van der Waals surface area contributed by atoms with Crippen LogP contribution in [0.25, 0.3) is 0 Å². The zero-order valence-electron chi connectivity index (χ0n) is 43.2. The van der Waals surface area contributed by atoms with E-state index in [0.29, 0.717) is 6.54 Å². The third-order valence-electron chi connectivity index (χ3n) is 14.9. The number of unbranched alkanes of at least 4 members (excludes halogenated alkanes) is 1. The van der Waals surface area contributed by atoms with Gasteiger partial charge in [-0.05, 0) is 117 Å². The van der Waals surface area contributed by atoms with E-state index in [1.54, 1.807) is 48.5 Å². The second-order valence-corrected chi connectivity index (χ2v) is 22.5. The number of rotatable bonds is 15. The van der Waals surface area contributed by atoms with E-state index < -0.39 is 130 Å². The van der Waals surface area contributed by atoms with Gasteiger partial charge in [-0.1, -0.05) is 34.1 Å². The van der Waals surface area contributed by atoms with E-state index in [1.807, 2.05) is 6.92 Å². The number of hydrogen-bond donors (Lipinski definition) is 8. The summed E-state index contributed by atoms with van der Waals surface area (Å²) in [4.78, 5) is 14.5. The zero-order valence-corrected chi connectivity index (χ0v) is 44.0. The van der Waals surface area contributed by atoms with Gasteiger partial charge in [0.1, 0.15) is 35.1 Å². The van der Waals surface area contributed by atoms with Crippen LogP contribution in [0.4, 0.5) is 18.9 Å². The Kier molecular flexibility index (Phi) is 20.6. The second-order valence-electron chi connectivity index (χ2n) is 20.8. The quantitative estimate of drug-likeness (QED) is 0.0912. The first-order valence-electron chi connectivity index (χ1n) is 24.6. The number of anilines is 1. The Hall–Kier alpha value is -2.29. The summed E-state index contributed by atoms with van der Waals surface area (Å²) in [6.45, 7) is 19.5. The highest BCUT2D eigenvalue weighted by Gasteiger charge is 2.58. The number of benzene rings is 1. The van der Waals surface area contributed by atoms with Gasteiger partial charge < -0.3 is 64.6 Å². The fourth-order valence-electron chi connectivity index (χ4n) is 10.3. The van der Waals surface area contributed by atoms with Crippen molar-refractivity contribution in [3.63, 3.8) is 0 Å². The number of esters is 1. The first kappa shape index (κ1) is 60.3. The van der Waals surface area contributed by atoms with Crippen LogP contribution in [0.3, 0.4) is 0 Å². The molecule has 3 heterocycles. The molecular weight excluding hydrogens is 946 g/mol. The highest BCUT2D eigenvalue weighted by Crippen LogP contribution is 2.43. The smallest absolute Gasteiger partial charge is 0.416 e. The number of hydrogen-bond acceptors (Lipinski definition) is 16. The van der Waals surface area contributed by atoms with Crippen molar-refractivity contribution in [2.24, 2.45) is 17.8 Å². The molecule has 18 atom stereocenters. The predicted molar refractivity (Wildman–Crippen MR) is 254 cm³/mol. The highest BCUT2D eigenvalue weighted by atomic mass is 32.2. The van der Waals surface area contributed by atoms with Gasteiger partial charge in [-0.25, -0.2) is 0 Å². The number of likely N-dealkylation sites (N-methyl/N-ethyl adjacent to an activating group) is 1. The van der Waals surface area contributed by atoms with Gasteiger partial charge in [0.15, 0.2) is 12.6 Å². The third-order valence-corrected chi connectivity index (χ3v) is 16.5. The molecule has 3 aliphatic rings. The van der Waals surface area contributed by atoms with Crippen molar-refractivity contribution < 1.29 is 80.3 Å². The van der Waals surface area contributed by atoms with Crippen LogP contribution in [0.2, 0.25) is 0 Å². The normalized spacial score (nSPS) is 41.1. The lowest BCUT2D eigenvalue weighted by atomic mass is 9.75. The molecule has 8 N–H and O–H groups in total. The van der Waals surface area contributed by atoms with Crippen molar-refractivity contribution >= 4 is 21.9 Å². The van der Waals surface area contributed by atoms with Gasteiger partial charge in [0, 0.05) is 44.8 Å². The summed E-state index contributed by atoms with van der Waals surface area (Å²) >= 11 is 0. The lowest BCUT2D eigenvalue weighted by molar-refractivity contribution is -0.336. The van der Waals surface area contributed by atoms with Crippen molar-refractivity contribution in [1.29, 1.82) is 0 Å². The molecule has 4 rings (SSSR count). The minimum absolute atomic E-state index is 0.0151. The summed E-state index contributed by atoms with van der Waals surface area (Å²) in [5.41, 5.74) is -7.69. The van der Waals surface area contributed by atoms with Crippen molar-refractivity contribution in [2.75, 3.05) is 38.5 Å². The molecule has 18 nitrogen and oxygen atoms in total. The number of carbonyl (C=O) groups excluding carboxylic acids is 1. The summed E-state index contributed by atoms with van der Waals surface area (Å²) in [5.74, 6) is -3.41. The molecule has 3 saturated heterocycles. The summed E-state index contributed by atoms with van der Waals surface area (Å²) in [5, 5.41) is 66.7. The van der Waals surface area contributed by atoms with Crippen LogP contribution in [0.5, 0.6) is 0 Å². The van der Waals surface area contributed by atoms with Crippen LogP contribution in [-0.4, -0.2) is 168 Å². The summed E-state index contributed by atoms with van der Waals surface area (Å²) in [7, 11) is -1.85. The topological polar surface area (TPSA) is 247 Å². The molecule has 0 radical (unpaired) electrons. The number of halogens is 3. The molecule has 0 bridgehead atoms. The van der Waals surface area contributed by atoms with Crippen molar-refractivity contribution in [2.45, 2.75) is 211 Å². The van der Waals surface area contributed by atoms with Crippen LogP contribution in [0.1, 0.15) is 120 Å². The van der Waals surface area contributed by atoms with Gasteiger partial charge in [0.05, 0.1) is 47.5 Å². The number of methoxy groups -OCH3 is 1. The molecule has 0 saturated carbocycles. The summed E-state index contributed by atoms with van der Waals surface area (Å²) < 4.78 is 109. The third kappa shape index (κ3) is 13.9. The first-order chi connectivity index (χ1) is 32.3. The highest BCUT2D eigenvalue weighted by molar-refractivity contribution is 7.90. The first-order valence-corrected chi connectivity index (χ1v) is 26.0. The molecule has 70 heavy (non-hydrogen) atoms. The Morgan fingerprint density at radius 2 is 1.59 bits per heavy atom. The minimum Gasteiger partial charge on any atom is -0.459 e. The molecule has 406 valence electrons. The Bertz CT molecular complexity index is 1940. The van der Waals surface area contributed by atoms with Gasteiger partial charge >= 0.3 is 22.4 Å². The second kappa shape index (κ2) is 23.9. The number of carbonyl (C=O) groups is 1. The van der Waals surface area contributed by atoms with Crippen molar-refractivity contribution in [3.8, 4) is 0 Å². The Morgan fingerprint density at radius 3 is 2.16 bits per heavy atom. The van der Waals surface area contributed by atoms with E-state index in [9.17, 15) is 51.9 Å². The molecule has 0 amide bonds. The number of aliphatic hydroxyl groups excluding tert-OH is 2. The number of cyclic esters (lactones) is 1. The van der Waals surface area contributed by atoms with Crippen molar-refractivity contribution in [3.05, 3.63) is 29.8 Å². The zero-order chi connectivity index (χ0) is 52.9. The van der Waals surface area contributed by atoms with Gasteiger partial charge in [-0.3, -0.25) is 9.52 Å². The molecule has 0 aromatic heterocycles. The van der Waals surface area contributed by atoms with E-state index in [1.165, 1.54) is 28.0 Å². The maximum Gasteiger partial charge on any atom is 0.416 e. The number of nitrogens with zero attached hydrogens (tertiary/aromatic N) is 1. The molecule has 22 heteroatoms. The van der Waals surface area contributed by atoms with Crippen LogP contribution in [0.15, 0.2) is 24.3 Å². The molecule has 1 aromatic carbocycles. The Labute approximate surface area is 412 Å². The van der Waals surface area contributed by atoms with Crippen LogP contribution in [-0.2, 0) is 49.6 Å². The fraction of sp³-hybridized carbons (Fsp3) is 0.854. The number of alkyl halides is 3. The average molecular weight is 1030 g/mol. The molecule has 0 spiro atoms. The average Bonchev–Trinajstić information content (AvgIpc) is 3.28. The fourth-order valence-corrected chi connectivity index (χ4v) is 11.5. The van der Waals surface area contributed by atoms with Crippen LogP contribution < -0.4 is 15.4 Å². The Morgan fingerprint density at radius 1 is 0.957 bits per heavy atom. The Balaban J connectivity index is 1.78. The van der Waals surface area contributed by atoms with E-state index in [2.05, 4.69) is 22.3 Å². The molecule has 0 unspecified atom stereocenters. The number of ether oxygens (including phenoxy) is 6. The van der Waals surface area contributed by atoms with Gasteiger partial charge in [0.2, 0.25) is 0 Å². The van der Waals surface area contributed by atoms with E-state index >= 15 is 0 Å². The summed E-state index contributed by atoms with van der Waals surface area (Å²) in [6, 6.07) is 1.48. The van der Waals surface area contributed by atoms with E-state index in [-0.39, 0.29) is 50.4 Å². The van der Waals surface area contributed by atoms with Crippen molar-refractivity contribution in [1.82, 2.24) is 14.9 Å². The molecule has 3 fully saturated rings. The predicted octanol–water partition coefficient (Wildman–Crippen LogP) is 4.06. The standard InChI is InChI=1S/C48H83F3N4O14S/c1-14-16-21-52-26-47(61)32(8)66-37(24-45(47,10)64-13)68-39-29(5)41(44(9,59)23-27(3)25-53-31(7)40(57)46(11,60)36(15-2)67-42(58)30(39)6)69-43-38(56)35(22-28(4)65-43)55(12)70(62,63)54-34-19-17-33(18-20-34)48(49,50)51/h17-20,27-32,35-41,43,52-54,56-57,59-61H,14-16,21-26H2,1-13H3/t27-,28-,29+,30-,31-,32+,35+,36-,37+,38-,39+,40-,41-,43+,44-,45-,46-,47+/m1/s1. The largest absolute Gasteiger partial charge is 0.459 e. The SMILES string of the molecule is CCCCNC[C@]1(O)[C@H](C)O[C@@H](O[C@H]2[C@H](C)[C@@H](O[C@@H]3O[C@H](C)C[C@H](N(C)S(=O)(=O)Nc4ccc(C(F)(F)F)cc4)[C@H]3O)[C@](C)(O)C[C@@H](C)CN[C@H](C)[C@@H](O)[C@](C)(O)[C@@H](CC)OC(=O)[C@@H]2C)C[C@@]1(C)OC. The van der Waals surface area contributed by atoms with Gasteiger partial charge in [0.25, 0.3) is 0 Å². The molecular formula is C48H83F3N4O14S. The monoisotopic (exact) mass is 1030 g/mol. The van der Waals surface area contributed by atoms with E-state index in [0.717, 1.165) is 41.4 Å². The molecule has 1 aromatic rings. The van der Waals surface area contributed by atoms with Crippen LogP contribution in [0, 0.1) is 17.8 Å². The summed E-state index contributed by atoms with van der Waals surface area (Å²) in [6.07, 6.45) is -14.1. The molecule has 3 aliphatic heterocycles. The number of nitrogens with one attached hydrogen (secondary N) is 3. The maximum absolute atomic E-state index is 14.5. The van der Waals surface area contributed by atoms with Gasteiger partial charge in [-0.15, -0.1) is 0 Å². The van der Waals surface area contributed by atoms with E-state index in [4.69, 9.17) is 28.4 Å². The minimum atomic E-state index is -4.64. The molecule has 0 aliphatic carbocycles.